The number of benzene rings is 1. The summed E-state index contributed by atoms with van der Waals surface area (Å²) >= 11 is 5.82. The maximum Gasteiger partial charge on any atom is 0.0406 e. The van der Waals surface area contributed by atoms with E-state index in [-0.39, 0.29) is 0 Å². The number of rotatable bonds is 7. The third-order valence-corrected chi connectivity index (χ3v) is 2.88. The molecule has 16 heavy (non-hydrogen) atoms. The van der Waals surface area contributed by atoms with Crippen molar-refractivity contribution in [3.05, 3.63) is 47.5 Å². The van der Waals surface area contributed by atoms with Gasteiger partial charge in [-0.2, -0.15) is 0 Å². The van der Waals surface area contributed by atoms with Crippen LogP contribution in [0.3, 0.4) is 0 Å². The third-order valence-electron chi connectivity index (χ3n) is 2.63. The van der Waals surface area contributed by atoms with Crippen LogP contribution in [0.1, 0.15) is 25.3 Å². The van der Waals surface area contributed by atoms with Gasteiger partial charge in [0.15, 0.2) is 0 Å². The molecule has 0 saturated heterocycles. The molecule has 1 aromatic carbocycles. The molecule has 0 aliphatic heterocycles. The first-order valence-corrected chi connectivity index (χ1v) is 6.16. The Morgan fingerprint density at radius 3 is 2.69 bits per heavy atom. The molecule has 1 nitrogen and oxygen atoms in total. The minimum absolute atomic E-state index is 0.718. The summed E-state index contributed by atoms with van der Waals surface area (Å²) in [4.78, 5) is 0. The highest BCUT2D eigenvalue weighted by molar-refractivity contribution is 6.30. The second-order valence-electron chi connectivity index (χ2n) is 4.22. The smallest absolute Gasteiger partial charge is 0.0406 e. The predicted molar refractivity (Wildman–Crippen MR) is 71.8 cm³/mol. The lowest BCUT2D eigenvalue weighted by molar-refractivity contribution is 0.506. The minimum Gasteiger partial charge on any atom is -0.313 e. The zero-order chi connectivity index (χ0) is 11.8. The van der Waals surface area contributed by atoms with Gasteiger partial charge >= 0.3 is 0 Å². The molecule has 2 heteroatoms. The quantitative estimate of drug-likeness (QED) is 0.558. The van der Waals surface area contributed by atoms with E-state index in [1.165, 1.54) is 12.0 Å². The molecule has 0 heterocycles. The van der Waals surface area contributed by atoms with Crippen LogP contribution in [-0.4, -0.2) is 6.54 Å². The van der Waals surface area contributed by atoms with Gasteiger partial charge in [-0.15, -0.1) is 6.58 Å². The molecular weight excluding hydrogens is 218 g/mol. The zero-order valence-corrected chi connectivity index (χ0v) is 10.6. The average Bonchev–Trinajstić information content (AvgIpc) is 2.27. The van der Waals surface area contributed by atoms with E-state index in [9.17, 15) is 0 Å². The van der Waals surface area contributed by atoms with Gasteiger partial charge in [-0.05, 0) is 43.0 Å². The second kappa shape index (κ2) is 7.48. The summed E-state index contributed by atoms with van der Waals surface area (Å²) in [5, 5.41) is 4.23. The highest BCUT2D eigenvalue weighted by Crippen LogP contribution is 2.10. The summed E-state index contributed by atoms with van der Waals surface area (Å²) in [5.41, 5.74) is 1.28. The maximum absolute atomic E-state index is 5.82. The van der Waals surface area contributed by atoms with Crippen molar-refractivity contribution >= 4 is 11.6 Å². The Kier molecular flexibility index (Phi) is 6.20. The summed E-state index contributed by atoms with van der Waals surface area (Å²) in [6.45, 7) is 7.98. The van der Waals surface area contributed by atoms with Crippen LogP contribution in [0.25, 0.3) is 0 Å². The van der Waals surface area contributed by atoms with Gasteiger partial charge in [0.2, 0.25) is 0 Å². The molecule has 88 valence electrons. The number of hydrogen-bond acceptors (Lipinski definition) is 1. The molecule has 1 rings (SSSR count). The van der Waals surface area contributed by atoms with Crippen molar-refractivity contribution in [3.63, 3.8) is 0 Å². The molecule has 0 amide bonds. The van der Waals surface area contributed by atoms with E-state index >= 15 is 0 Å². The van der Waals surface area contributed by atoms with E-state index < -0.39 is 0 Å². The standard InChI is InChI=1S/C14H20ClN/c1-3-4-12(2)9-10-16-11-13-5-7-14(15)8-6-13/h3,5-8,12,16H,1,4,9-11H2,2H3. The van der Waals surface area contributed by atoms with Gasteiger partial charge in [0, 0.05) is 11.6 Å². The van der Waals surface area contributed by atoms with Crippen LogP contribution in [0.5, 0.6) is 0 Å². The largest absolute Gasteiger partial charge is 0.313 e. The first kappa shape index (κ1) is 13.3. The fourth-order valence-corrected chi connectivity index (χ4v) is 1.71. The Labute approximate surface area is 104 Å². The molecular formula is C14H20ClN. The molecule has 0 radical (unpaired) electrons. The lowest BCUT2D eigenvalue weighted by atomic mass is 10.0. The number of nitrogens with one attached hydrogen (secondary N) is 1. The Hall–Kier alpha value is -0.790. The Morgan fingerprint density at radius 2 is 2.06 bits per heavy atom. The van der Waals surface area contributed by atoms with Crippen molar-refractivity contribution in [1.29, 1.82) is 0 Å². The van der Waals surface area contributed by atoms with Crippen molar-refractivity contribution in [2.24, 2.45) is 5.92 Å². The van der Waals surface area contributed by atoms with Gasteiger partial charge in [-0.25, -0.2) is 0 Å². The monoisotopic (exact) mass is 237 g/mol. The minimum atomic E-state index is 0.718. The van der Waals surface area contributed by atoms with Gasteiger partial charge < -0.3 is 5.32 Å². The first-order chi connectivity index (χ1) is 7.72. The maximum atomic E-state index is 5.82. The van der Waals surface area contributed by atoms with Crippen LogP contribution in [0.15, 0.2) is 36.9 Å². The van der Waals surface area contributed by atoms with Crippen LogP contribution in [-0.2, 0) is 6.54 Å². The van der Waals surface area contributed by atoms with Crippen molar-refractivity contribution < 1.29 is 0 Å². The van der Waals surface area contributed by atoms with Gasteiger partial charge in [0.05, 0.1) is 0 Å². The average molecular weight is 238 g/mol. The topological polar surface area (TPSA) is 12.0 Å². The van der Waals surface area contributed by atoms with Crippen LogP contribution in [0.4, 0.5) is 0 Å². The Balaban J connectivity index is 2.16. The summed E-state index contributed by atoms with van der Waals surface area (Å²) in [6.07, 6.45) is 4.28. The fourth-order valence-electron chi connectivity index (χ4n) is 1.59. The van der Waals surface area contributed by atoms with Crippen molar-refractivity contribution in [2.45, 2.75) is 26.3 Å². The van der Waals surface area contributed by atoms with Crippen LogP contribution < -0.4 is 5.32 Å². The van der Waals surface area contributed by atoms with Crippen LogP contribution in [0, 0.1) is 5.92 Å². The Morgan fingerprint density at radius 1 is 1.38 bits per heavy atom. The molecule has 1 atom stereocenters. The molecule has 0 aliphatic rings. The van der Waals surface area contributed by atoms with Gasteiger partial charge in [0.1, 0.15) is 0 Å². The number of allylic oxidation sites excluding steroid dienone is 1. The normalized spacial score (nSPS) is 12.4. The molecule has 1 N–H and O–H groups in total. The number of halogens is 1. The zero-order valence-electron chi connectivity index (χ0n) is 9.88. The molecule has 0 aliphatic carbocycles. The molecule has 0 saturated carbocycles. The van der Waals surface area contributed by atoms with E-state index in [0.29, 0.717) is 0 Å². The molecule has 0 aromatic heterocycles. The van der Waals surface area contributed by atoms with Crippen molar-refractivity contribution in [2.75, 3.05) is 6.54 Å². The van der Waals surface area contributed by atoms with Crippen LogP contribution >= 0.6 is 11.6 Å². The Bertz CT molecular complexity index is 305. The summed E-state index contributed by atoms with van der Waals surface area (Å²) in [5.74, 6) is 0.718. The molecule has 0 fully saturated rings. The lowest BCUT2D eigenvalue weighted by Gasteiger charge is -2.09. The highest BCUT2D eigenvalue weighted by atomic mass is 35.5. The van der Waals surface area contributed by atoms with E-state index in [0.717, 1.165) is 30.5 Å². The van der Waals surface area contributed by atoms with Crippen molar-refractivity contribution in [3.8, 4) is 0 Å². The van der Waals surface area contributed by atoms with E-state index in [1.807, 2.05) is 18.2 Å². The van der Waals surface area contributed by atoms with Gasteiger partial charge in [-0.3, -0.25) is 0 Å². The van der Waals surface area contributed by atoms with Gasteiger partial charge in [0.25, 0.3) is 0 Å². The van der Waals surface area contributed by atoms with Gasteiger partial charge in [-0.1, -0.05) is 36.7 Å². The second-order valence-corrected chi connectivity index (χ2v) is 4.66. The molecule has 1 aromatic rings. The first-order valence-electron chi connectivity index (χ1n) is 5.78. The summed E-state index contributed by atoms with van der Waals surface area (Å²) < 4.78 is 0. The highest BCUT2D eigenvalue weighted by Gasteiger charge is 1.98. The summed E-state index contributed by atoms with van der Waals surface area (Å²) in [6, 6.07) is 7.98. The molecule has 0 bridgehead atoms. The summed E-state index contributed by atoms with van der Waals surface area (Å²) in [7, 11) is 0. The van der Waals surface area contributed by atoms with Crippen LogP contribution in [0.2, 0.25) is 5.02 Å². The third kappa shape index (κ3) is 5.34. The van der Waals surface area contributed by atoms with E-state index in [2.05, 4.69) is 31.0 Å². The van der Waals surface area contributed by atoms with E-state index in [1.54, 1.807) is 0 Å². The fraction of sp³-hybridized carbons (Fsp3) is 0.429. The molecule has 0 spiro atoms. The molecule has 1 unspecified atom stereocenters. The number of hydrogen-bond donors (Lipinski definition) is 1. The predicted octanol–water partition coefficient (Wildman–Crippen LogP) is 4.03. The lowest BCUT2D eigenvalue weighted by Crippen LogP contribution is -2.16. The van der Waals surface area contributed by atoms with E-state index in [4.69, 9.17) is 11.6 Å². The van der Waals surface area contributed by atoms with Crippen molar-refractivity contribution in [1.82, 2.24) is 5.32 Å². The SMILES string of the molecule is C=CCC(C)CCNCc1ccc(Cl)cc1.